The number of nitrogens with two attached hydrogens (primary N) is 1. The summed E-state index contributed by atoms with van der Waals surface area (Å²) in [4.78, 5) is 14.1. The Labute approximate surface area is 125 Å². The number of carbonyl (C=O) groups excluding carboxylic acids is 1. The first kappa shape index (κ1) is 15.9. The maximum Gasteiger partial charge on any atom is 0.253 e. The van der Waals surface area contributed by atoms with Crippen LogP contribution in [-0.2, 0) is 16.6 Å². The fourth-order valence-corrected chi connectivity index (χ4v) is 3.72. The molecule has 1 aromatic carbocycles. The van der Waals surface area contributed by atoms with Gasteiger partial charge in [0.25, 0.3) is 5.91 Å². The topological polar surface area (TPSA) is 83.7 Å². The van der Waals surface area contributed by atoms with E-state index in [-0.39, 0.29) is 11.9 Å². The lowest BCUT2D eigenvalue weighted by molar-refractivity contribution is 0.0643. The van der Waals surface area contributed by atoms with Gasteiger partial charge in [0.15, 0.2) is 0 Å². The molecule has 2 rings (SSSR count). The van der Waals surface area contributed by atoms with E-state index in [2.05, 4.69) is 0 Å². The molecule has 0 aromatic heterocycles. The van der Waals surface area contributed by atoms with Crippen LogP contribution in [-0.4, -0.2) is 55.5 Å². The Bertz CT molecular complexity index is 613. The predicted molar refractivity (Wildman–Crippen MR) is 81.2 cm³/mol. The van der Waals surface area contributed by atoms with Gasteiger partial charge < -0.3 is 10.6 Å². The van der Waals surface area contributed by atoms with Crippen molar-refractivity contribution < 1.29 is 13.2 Å². The third-order valence-electron chi connectivity index (χ3n) is 3.72. The average molecular weight is 311 g/mol. The average Bonchev–Trinajstić information content (AvgIpc) is 2.45. The molecule has 7 heteroatoms. The second-order valence-corrected chi connectivity index (χ2v) is 7.31. The molecule has 1 amide bonds. The number of rotatable bonds is 3. The predicted octanol–water partition coefficient (Wildman–Crippen LogP) is 0.251. The quantitative estimate of drug-likeness (QED) is 0.867. The summed E-state index contributed by atoms with van der Waals surface area (Å²) in [6.45, 7) is 3.42. The summed E-state index contributed by atoms with van der Waals surface area (Å²) in [5.41, 5.74) is 7.11. The molecule has 0 bridgehead atoms. The van der Waals surface area contributed by atoms with Crippen molar-refractivity contribution in [1.82, 2.24) is 9.21 Å². The van der Waals surface area contributed by atoms with Crippen LogP contribution in [0.1, 0.15) is 22.8 Å². The highest BCUT2D eigenvalue weighted by Gasteiger charge is 2.32. The minimum atomic E-state index is -3.22. The molecular formula is C14H21N3O3S. The van der Waals surface area contributed by atoms with E-state index in [1.54, 1.807) is 17.0 Å². The lowest BCUT2D eigenvalue weighted by Crippen LogP contribution is -2.55. The number of carbonyl (C=O) groups is 1. The van der Waals surface area contributed by atoms with Gasteiger partial charge in [-0.25, -0.2) is 8.42 Å². The van der Waals surface area contributed by atoms with Crippen LogP contribution in [0.5, 0.6) is 0 Å². The maximum absolute atomic E-state index is 12.4. The van der Waals surface area contributed by atoms with E-state index in [9.17, 15) is 13.2 Å². The molecule has 6 nitrogen and oxygen atoms in total. The Hall–Kier alpha value is -1.44. The fraction of sp³-hybridized carbons (Fsp3) is 0.500. The number of benzene rings is 1. The third-order valence-corrected chi connectivity index (χ3v) is 5.11. The number of piperazine rings is 1. The van der Waals surface area contributed by atoms with Crippen LogP contribution in [0.3, 0.4) is 0 Å². The van der Waals surface area contributed by atoms with Crippen LogP contribution in [0.4, 0.5) is 0 Å². The van der Waals surface area contributed by atoms with Crippen LogP contribution in [0.15, 0.2) is 24.3 Å². The molecule has 1 aliphatic heterocycles. The molecule has 21 heavy (non-hydrogen) atoms. The zero-order valence-corrected chi connectivity index (χ0v) is 13.1. The Morgan fingerprint density at radius 2 is 1.90 bits per heavy atom. The summed E-state index contributed by atoms with van der Waals surface area (Å²) >= 11 is 0. The van der Waals surface area contributed by atoms with Gasteiger partial charge in [0.2, 0.25) is 10.0 Å². The van der Waals surface area contributed by atoms with E-state index in [1.165, 1.54) is 10.6 Å². The van der Waals surface area contributed by atoms with Crippen LogP contribution < -0.4 is 5.73 Å². The van der Waals surface area contributed by atoms with Crippen molar-refractivity contribution in [2.24, 2.45) is 5.73 Å². The van der Waals surface area contributed by atoms with Crippen molar-refractivity contribution in [2.75, 3.05) is 25.9 Å². The summed E-state index contributed by atoms with van der Waals surface area (Å²) in [6, 6.07) is 6.99. The van der Waals surface area contributed by atoms with Crippen molar-refractivity contribution >= 4 is 15.9 Å². The molecule has 0 spiro atoms. The molecule has 0 aliphatic carbocycles. The van der Waals surface area contributed by atoms with Crippen molar-refractivity contribution in [2.45, 2.75) is 19.5 Å². The lowest BCUT2D eigenvalue weighted by atomic mass is 10.1. The van der Waals surface area contributed by atoms with E-state index in [4.69, 9.17) is 5.73 Å². The van der Waals surface area contributed by atoms with Crippen LogP contribution >= 0.6 is 0 Å². The summed E-state index contributed by atoms with van der Waals surface area (Å²) in [5.74, 6) is -0.0708. The molecule has 2 N–H and O–H groups in total. The van der Waals surface area contributed by atoms with E-state index in [0.717, 1.165) is 5.56 Å². The minimum Gasteiger partial charge on any atom is -0.336 e. The van der Waals surface area contributed by atoms with Gasteiger partial charge in [0.1, 0.15) is 0 Å². The highest BCUT2D eigenvalue weighted by atomic mass is 32.2. The van der Waals surface area contributed by atoms with Gasteiger partial charge >= 0.3 is 0 Å². The summed E-state index contributed by atoms with van der Waals surface area (Å²) in [6.07, 6.45) is 1.20. The van der Waals surface area contributed by atoms with Crippen LogP contribution in [0.25, 0.3) is 0 Å². The highest BCUT2D eigenvalue weighted by molar-refractivity contribution is 7.88. The van der Waals surface area contributed by atoms with E-state index in [1.807, 2.05) is 19.1 Å². The molecule has 1 atom stereocenters. The standard InChI is InChI=1S/C14H21N3O3S/c1-11-10-16(7-8-17(11)21(2,19)20)14(18)13-5-3-12(9-15)4-6-13/h3-6,11H,7-10,15H2,1-2H3/t11-/m0/s1. The number of hydrogen-bond acceptors (Lipinski definition) is 4. The van der Waals surface area contributed by atoms with Gasteiger partial charge in [-0.1, -0.05) is 12.1 Å². The minimum absolute atomic E-state index is 0.0708. The largest absolute Gasteiger partial charge is 0.336 e. The summed E-state index contributed by atoms with van der Waals surface area (Å²) < 4.78 is 24.7. The number of amides is 1. The first-order valence-electron chi connectivity index (χ1n) is 6.88. The number of nitrogens with zero attached hydrogens (tertiary/aromatic N) is 2. The van der Waals surface area contributed by atoms with Gasteiger partial charge in [-0.3, -0.25) is 4.79 Å². The van der Waals surface area contributed by atoms with Gasteiger partial charge in [-0.2, -0.15) is 4.31 Å². The van der Waals surface area contributed by atoms with E-state index in [0.29, 0.717) is 31.7 Å². The molecule has 0 saturated carbocycles. The second kappa shape index (κ2) is 6.13. The fourth-order valence-electron chi connectivity index (χ4n) is 2.58. The van der Waals surface area contributed by atoms with Crippen LogP contribution in [0, 0.1) is 0 Å². The molecular weight excluding hydrogens is 290 g/mol. The molecule has 1 fully saturated rings. The highest BCUT2D eigenvalue weighted by Crippen LogP contribution is 2.16. The molecule has 1 aromatic rings. The Morgan fingerprint density at radius 1 is 1.29 bits per heavy atom. The Balaban J connectivity index is 2.08. The zero-order chi connectivity index (χ0) is 15.6. The van der Waals surface area contributed by atoms with Gasteiger partial charge in [-0.15, -0.1) is 0 Å². The van der Waals surface area contributed by atoms with Crippen molar-refractivity contribution in [1.29, 1.82) is 0 Å². The van der Waals surface area contributed by atoms with Gasteiger partial charge in [0, 0.05) is 37.8 Å². The van der Waals surface area contributed by atoms with Crippen molar-refractivity contribution in [3.63, 3.8) is 0 Å². The number of sulfonamides is 1. The first-order valence-corrected chi connectivity index (χ1v) is 8.73. The third kappa shape index (κ3) is 3.61. The van der Waals surface area contributed by atoms with Gasteiger partial charge in [-0.05, 0) is 24.6 Å². The monoisotopic (exact) mass is 311 g/mol. The summed E-state index contributed by atoms with van der Waals surface area (Å²) in [7, 11) is -3.22. The van der Waals surface area contributed by atoms with Crippen molar-refractivity contribution in [3.8, 4) is 0 Å². The second-order valence-electron chi connectivity index (χ2n) is 5.37. The van der Waals surface area contributed by atoms with Crippen LogP contribution in [0.2, 0.25) is 0 Å². The molecule has 1 heterocycles. The SMILES string of the molecule is C[C@H]1CN(C(=O)c2ccc(CN)cc2)CCN1S(C)(=O)=O. The summed E-state index contributed by atoms with van der Waals surface area (Å²) in [5, 5.41) is 0. The molecule has 1 aliphatic rings. The zero-order valence-electron chi connectivity index (χ0n) is 12.3. The molecule has 116 valence electrons. The van der Waals surface area contributed by atoms with E-state index >= 15 is 0 Å². The maximum atomic E-state index is 12.4. The smallest absolute Gasteiger partial charge is 0.253 e. The molecule has 0 unspecified atom stereocenters. The molecule has 1 saturated heterocycles. The Kier molecular flexibility index (Phi) is 4.65. The Morgan fingerprint density at radius 3 is 2.38 bits per heavy atom. The lowest BCUT2D eigenvalue weighted by Gasteiger charge is -2.38. The number of hydrogen-bond donors (Lipinski definition) is 1. The normalized spacial score (nSPS) is 20.5. The van der Waals surface area contributed by atoms with E-state index < -0.39 is 10.0 Å². The van der Waals surface area contributed by atoms with Crippen molar-refractivity contribution in [3.05, 3.63) is 35.4 Å². The molecule has 0 radical (unpaired) electrons. The first-order chi connectivity index (χ1) is 9.82. The van der Waals surface area contributed by atoms with Gasteiger partial charge in [0.05, 0.1) is 6.26 Å².